The average Bonchev–Trinajstić information content (AvgIpc) is 1.97. The molecule has 0 aliphatic heterocycles. The van der Waals surface area contributed by atoms with Gasteiger partial charge in [-0.1, -0.05) is 0 Å². The van der Waals surface area contributed by atoms with Gasteiger partial charge in [-0.15, -0.1) is 0 Å². The van der Waals surface area contributed by atoms with Crippen LogP contribution in [-0.2, 0) is 10.0 Å². The van der Waals surface area contributed by atoms with Gasteiger partial charge in [-0.05, 0) is 22.0 Å². The summed E-state index contributed by atoms with van der Waals surface area (Å²) in [6, 6.07) is 0.520. The van der Waals surface area contributed by atoms with Gasteiger partial charge >= 0.3 is 5.97 Å². The zero-order valence-corrected chi connectivity index (χ0v) is 9.77. The van der Waals surface area contributed by atoms with E-state index < -0.39 is 42.6 Å². The lowest BCUT2D eigenvalue weighted by atomic mass is 10.2. The highest BCUT2D eigenvalue weighted by Gasteiger charge is 2.28. The lowest BCUT2D eigenvalue weighted by Gasteiger charge is -2.07. The van der Waals surface area contributed by atoms with Gasteiger partial charge < -0.3 is 5.11 Å². The van der Waals surface area contributed by atoms with E-state index in [4.69, 9.17) is 5.11 Å². The molecule has 0 fully saturated rings. The number of carboxylic acids is 1. The first-order valence-electron chi connectivity index (χ1n) is 3.60. The molecule has 1 aromatic carbocycles. The van der Waals surface area contributed by atoms with E-state index in [2.05, 4.69) is 21.1 Å². The van der Waals surface area contributed by atoms with Crippen LogP contribution in [0.5, 0.6) is 0 Å². The Morgan fingerprint density at radius 2 is 1.94 bits per heavy atom. The maximum absolute atomic E-state index is 13.4. The maximum Gasteiger partial charge on any atom is 0.341 e. The van der Waals surface area contributed by atoms with Gasteiger partial charge in [-0.3, -0.25) is 0 Å². The molecule has 0 radical (unpaired) electrons. The topological polar surface area (TPSA) is 97.5 Å². The number of aromatic carboxylic acids is 1. The third kappa shape index (κ3) is 2.20. The van der Waals surface area contributed by atoms with E-state index in [1.54, 1.807) is 0 Å². The van der Waals surface area contributed by atoms with Gasteiger partial charge in [0.15, 0.2) is 5.82 Å². The molecule has 0 aliphatic carbocycles. The summed E-state index contributed by atoms with van der Waals surface area (Å²) in [6.07, 6.45) is 0. The largest absolute Gasteiger partial charge is 0.477 e. The first-order chi connectivity index (χ1) is 7.16. The fourth-order valence-corrected chi connectivity index (χ4v) is 2.76. The molecule has 9 heteroatoms. The van der Waals surface area contributed by atoms with Crippen LogP contribution in [0.1, 0.15) is 10.4 Å². The van der Waals surface area contributed by atoms with Crippen LogP contribution >= 0.6 is 15.9 Å². The van der Waals surface area contributed by atoms with Crippen LogP contribution in [0.4, 0.5) is 8.78 Å². The molecule has 0 saturated heterocycles. The zero-order chi connectivity index (χ0) is 12.7. The fourth-order valence-electron chi connectivity index (χ4n) is 1.03. The van der Waals surface area contributed by atoms with Crippen LogP contribution < -0.4 is 5.14 Å². The molecule has 0 atom stereocenters. The summed E-state index contributed by atoms with van der Waals surface area (Å²) in [6.45, 7) is 0. The fraction of sp³-hybridized carbons (Fsp3) is 0. The molecule has 0 unspecified atom stereocenters. The summed E-state index contributed by atoms with van der Waals surface area (Å²) >= 11 is 2.58. The third-order valence-corrected chi connectivity index (χ3v) is 3.48. The van der Waals surface area contributed by atoms with E-state index in [-0.39, 0.29) is 0 Å². The Kier molecular flexibility index (Phi) is 3.31. The van der Waals surface area contributed by atoms with Crippen molar-refractivity contribution in [2.24, 2.45) is 5.14 Å². The van der Waals surface area contributed by atoms with E-state index in [0.29, 0.717) is 6.07 Å². The number of nitrogens with two attached hydrogens (primary N) is 1. The van der Waals surface area contributed by atoms with Crippen LogP contribution in [0.15, 0.2) is 15.4 Å². The predicted octanol–water partition coefficient (Wildman–Crippen LogP) is 1.07. The molecule has 1 rings (SSSR count). The Labute approximate surface area is 97.1 Å². The van der Waals surface area contributed by atoms with Gasteiger partial charge in [0.25, 0.3) is 0 Å². The molecule has 0 aliphatic rings. The number of halogens is 3. The molecular weight excluding hydrogens is 312 g/mol. The highest BCUT2D eigenvalue weighted by atomic mass is 79.9. The number of primary sulfonamides is 1. The van der Waals surface area contributed by atoms with Crippen molar-refractivity contribution in [1.82, 2.24) is 0 Å². The number of hydrogen-bond acceptors (Lipinski definition) is 3. The van der Waals surface area contributed by atoms with E-state index in [0.717, 1.165) is 0 Å². The van der Waals surface area contributed by atoms with Crippen molar-refractivity contribution in [2.45, 2.75) is 4.90 Å². The molecule has 0 heterocycles. The van der Waals surface area contributed by atoms with Gasteiger partial charge in [-0.25, -0.2) is 27.1 Å². The molecule has 0 saturated carbocycles. The number of carbonyl (C=O) groups is 1. The number of sulfonamides is 1. The van der Waals surface area contributed by atoms with Crippen LogP contribution in [0.2, 0.25) is 0 Å². The molecule has 0 bridgehead atoms. The van der Waals surface area contributed by atoms with Crippen LogP contribution in [0.25, 0.3) is 0 Å². The molecule has 0 aromatic heterocycles. The van der Waals surface area contributed by atoms with Gasteiger partial charge in [0, 0.05) is 4.47 Å². The minimum Gasteiger partial charge on any atom is -0.477 e. The Morgan fingerprint density at radius 3 is 2.31 bits per heavy atom. The zero-order valence-electron chi connectivity index (χ0n) is 7.37. The van der Waals surface area contributed by atoms with Gasteiger partial charge in [0.2, 0.25) is 10.0 Å². The van der Waals surface area contributed by atoms with Crippen molar-refractivity contribution in [1.29, 1.82) is 0 Å². The number of benzene rings is 1. The van der Waals surface area contributed by atoms with Crippen LogP contribution in [0.3, 0.4) is 0 Å². The van der Waals surface area contributed by atoms with Crippen LogP contribution in [0, 0.1) is 11.6 Å². The first-order valence-corrected chi connectivity index (χ1v) is 5.93. The second-order valence-electron chi connectivity index (χ2n) is 2.71. The highest BCUT2D eigenvalue weighted by molar-refractivity contribution is 9.10. The van der Waals surface area contributed by atoms with Crippen molar-refractivity contribution in [2.75, 3.05) is 0 Å². The van der Waals surface area contributed by atoms with Gasteiger partial charge in [0.05, 0.1) is 0 Å². The number of carboxylic acid groups (broad SMARTS) is 1. The van der Waals surface area contributed by atoms with Crippen molar-refractivity contribution in [3.63, 3.8) is 0 Å². The summed E-state index contributed by atoms with van der Waals surface area (Å²) in [5, 5.41) is 13.2. The monoisotopic (exact) mass is 315 g/mol. The summed E-state index contributed by atoms with van der Waals surface area (Å²) in [7, 11) is -4.49. The van der Waals surface area contributed by atoms with Crippen LogP contribution in [-0.4, -0.2) is 19.5 Å². The molecular formula is C7H4BrF2NO4S. The Hall–Kier alpha value is -1.06. The lowest BCUT2D eigenvalue weighted by molar-refractivity contribution is 0.0685. The van der Waals surface area contributed by atoms with Crippen molar-refractivity contribution in [3.8, 4) is 0 Å². The molecule has 5 nitrogen and oxygen atoms in total. The first kappa shape index (κ1) is 13.0. The SMILES string of the molecule is NS(=O)(=O)c1c(Br)cc(F)c(C(=O)O)c1F. The molecule has 88 valence electrons. The normalized spacial score (nSPS) is 11.5. The second kappa shape index (κ2) is 4.07. The Morgan fingerprint density at radius 1 is 1.44 bits per heavy atom. The van der Waals surface area contributed by atoms with E-state index in [9.17, 15) is 22.0 Å². The molecule has 1 aromatic rings. The standard InChI is InChI=1S/C7H4BrF2NO4S/c8-2-1-3(9)4(7(12)13)5(10)6(2)16(11,14)15/h1H,(H,12,13)(H2,11,14,15). The Bertz CT molecular complexity index is 572. The van der Waals surface area contributed by atoms with Gasteiger partial charge in [0.1, 0.15) is 16.3 Å². The maximum atomic E-state index is 13.4. The molecule has 16 heavy (non-hydrogen) atoms. The van der Waals surface area contributed by atoms with Gasteiger partial charge in [-0.2, -0.15) is 0 Å². The van der Waals surface area contributed by atoms with Crippen molar-refractivity contribution in [3.05, 3.63) is 27.7 Å². The van der Waals surface area contributed by atoms with Crippen molar-refractivity contribution < 1.29 is 27.1 Å². The molecule has 3 N–H and O–H groups in total. The molecule has 0 spiro atoms. The predicted molar refractivity (Wildman–Crippen MR) is 52.4 cm³/mol. The second-order valence-corrected chi connectivity index (χ2v) is 5.06. The smallest absolute Gasteiger partial charge is 0.341 e. The summed E-state index contributed by atoms with van der Waals surface area (Å²) in [5.74, 6) is -5.06. The van der Waals surface area contributed by atoms with E-state index in [1.807, 2.05) is 0 Å². The highest BCUT2D eigenvalue weighted by Crippen LogP contribution is 2.28. The van der Waals surface area contributed by atoms with E-state index >= 15 is 0 Å². The summed E-state index contributed by atoms with van der Waals surface area (Å²) in [4.78, 5) is 9.41. The number of hydrogen-bond donors (Lipinski definition) is 2. The minimum absolute atomic E-state index is 0.477. The average molecular weight is 316 g/mol. The Balaban J connectivity index is 3.79. The molecule has 0 amide bonds. The summed E-state index contributed by atoms with van der Waals surface area (Å²) < 4.78 is 47.9. The minimum atomic E-state index is -4.49. The quantitative estimate of drug-likeness (QED) is 0.853. The number of rotatable bonds is 2. The van der Waals surface area contributed by atoms with E-state index in [1.165, 1.54) is 0 Å². The third-order valence-electron chi connectivity index (χ3n) is 1.63. The van der Waals surface area contributed by atoms with Crippen molar-refractivity contribution >= 4 is 31.9 Å². The summed E-state index contributed by atoms with van der Waals surface area (Å²) in [5.41, 5.74) is -1.37. The lowest BCUT2D eigenvalue weighted by Crippen LogP contribution is -2.18.